The molecule has 0 aromatic rings. The zero-order chi connectivity index (χ0) is 6.69. The van der Waals surface area contributed by atoms with Gasteiger partial charge >= 0.3 is 0 Å². The smallest absolute Gasteiger partial charge is 0.0848 e. The summed E-state index contributed by atoms with van der Waals surface area (Å²) in [5, 5.41) is 8.45. The van der Waals surface area contributed by atoms with Gasteiger partial charge in [-0.25, -0.2) is 0 Å². The summed E-state index contributed by atoms with van der Waals surface area (Å²) in [7, 11) is 0. The maximum atomic E-state index is 8.45. The number of hydrogen-bond acceptors (Lipinski definition) is 3. The summed E-state index contributed by atoms with van der Waals surface area (Å²) in [5.41, 5.74) is 5.59. The third-order valence-corrected chi connectivity index (χ3v) is 1.58. The molecule has 0 aliphatic carbocycles. The molecule has 3 heteroatoms. The van der Waals surface area contributed by atoms with Gasteiger partial charge in [0.25, 0.3) is 0 Å². The van der Waals surface area contributed by atoms with Crippen molar-refractivity contribution < 1.29 is 4.74 Å². The summed E-state index contributed by atoms with van der Waals surface area (Å²) < 4.78 is 5.04. The van der Waals surface area contributed by atoms with E-state index in [0.717, 1.165) is 6.42 Å². The highest BCUT2D eigenvalue weighted by Crippen LogP contribution is 2.10. The molecule has 1 saturated heterocycles. The van der Waals surface area contributed by atoms with E-state index in [1.54, 1.807) is 0 Å². The second-order valence-electron chi connectivity index (χ2n) is 2.26. The van der Waals surface area contributed by atoms with Crippen molar-refractivity contribution >= 4 is 0 Å². The first-order valence-corrected chi connectivity index (χ1v) is 3.07. The van der Waals surface area contributed by atoms with Crippen molar-refractivity contribution in [3.05, 3.63) is 0 Å². The van der Waals surface area contributed by atoms with E-state index in [0.29, 0.717) is 13.2 Å². The molecule has 50 valence electrons. The molecule has 1 fully saturated rings. The van der Waals surface area contributed by atoms with Crippen molar-refractivity contribution in [3.8, 4) is 6.07 Å². The molecule has 1 aliphatic rings. The Labute approximate surface area is 54.4 Å². The van der Waals surface area contributed by atoms with Crippen LogP contribution in [0.5, 0.6) is 0 Å². The van der Waals surface area contributed by atoms with E-state index in [4.69, 9.17) is 15.7 Å². The van der Waals surface area contributed by atoms with Gasteiger partial charge in [-0.2, -0.15) is 5.26 Å². The highest BCUT2D eigenvalue weighted by molar-refractivity contribution is 4.92. The summed E-state index contributed by atoms with van der Waals surface area (Å²) in [5.74, 6) is -0.0845. The van der Waals surface area contributed by atoms with Gasteiger partial charge in [0.2, 0.25) is 0 Å². The van der Waals surface area contributed by atoms with E-state index < -0.39 is 0 Å². The molecule has 1 heterocycles. The molecule has 1 aliphatic heterocycles. The van der Waals surface area contributed by atoms with Gasteiger partial charge in [0.1, 0.15) is 0 Å². The highest BCUT2D eigenvalue weighted by atomic mass is 16.5. The zero-order valence-corrected chi connectivity index (χ0v) is 5.21. The van der Waals surface area contributed by atoms with Crippen molar-refractivity contribution in [2.24, 2.45) is 11.7 Å². The van der Waals surface area contributed by atoms with Crippen LogP contribution in [0.25, 0.3) is 0 Å². The van der Waals surface area contributed by atoms with Crippen LogP contribution in [0, 0.1) is 17.2 Å². The normalized spacial score (nSPS) is 35.6. The van der Waals surface area contributed by atoms with Gasteiger partial charge in [0, 0.05) is 12.6 Å². The van der Waals surface area contributed by atoms with Gasteiger partial charge < -0.3 is 10.5 Å². The van der Waals surface area contributed by atoms with Gasteiger partial charge in [0.05, 0.1) is 18.6 Å². The van der Waals surface area contributed by atoms with Crippen LogP contribution < -0.4 is 5.73 Å². The lowest BCUT2D eigenvalue weighted by Crippen LogP contribution is -2.37. The van der Waals surface area contributed by atoms with Crippen LogP contribution in [0.15, 0.2) is 0 Å². The van der Waals surface area contributed by atoms with Crippen molar-refractivity contribution in [3.63, 3.8) is 0 Å². The van der Waals surface area contributed by atoms with Gasteiger partial charge in [-0.15, -0.1) is 0 Å². The third-order valence-electron chi connectivity index (χ3n) is 1.58. The standard InChI is InChI=1S/C6H10N2O/c7-3-5-4-9-2-1-6(5)8/h5-6H,1-2,4,8H2/t5-,6-/m1/s1. The molecule has 3 nitrogen and oxygen atoms in total. The van der Waals surface area contributed by atoms with Crippen LogP contribution in [0.1, 0.15) is 6.42 Å². The minimum atomic E-state index is -0.0845. The Balaban J connectivity index is 2.41. The van der Waals surface area contributed by atoms with E-state index in [-0.39, 0.29) is 12.0 Å². The molecule has 0 bridgehead atoms. The van der Waals surface area contributed by atoms with E-state index >= 15 is 0 Å². The number of rotatable bonds is 0. The zero-order valence-electron chi connectivity index (χ0n) is 5.21. The lowest BCUT2D eigenvalue weighted by atomic mass is 9.99. The molecule has 9 heavy (non-hydrogen) atoms. The van der Waals surface area contributed by atoms with Crippen LogP contribution in [0.2, 0.25) is 0 Å². The molecular formula is C6H10N2O. The van der Waals surface area contributed by atoms with Crippen molar-refractivity contribution in [2.45, 2.75) is 12.5 Å². The first-order valence-electron chi connectivity index (χ1n) is 3.07. The molecule has 2 N–H and O–H groups in total. The van der Waals surface area contributed by atoms with Gasteiger partial charge in [-0.1, -0.05) is 0 Å². The van der Waals surface area contributed by atoms with E-state index in [9.17, 15) is 0 Å². The summed E-state index contributed by atoms with van der Waals surface area (Å²) in [4.78, 5) is 0. The van der Waals surface area contributed by atoms with Crippen LogP contribution in [0.3, 0.4) is 0 Å². The lowest BCUT2D eigenvalue weighted by Gasteiger charge is -2.22. The van der Waals surface area contributed by atoms with E-state index in [2.05, 4.69) is 6.07 Å². The molecule has 2 atom stereocenters. The average molecular weight is 126 g/mol. The minimum Gasteiger partial charge on any atom is -0.380 e. The van der Waals surface area contributed by atoms with E-state index in [1.807, 2.05) is 0 Å². The van der Waals surface area contributed by atoms with Gasteiger partial charge in [-0.3, -0.25) is 0 Å². The highest BCUT2D eigenvalue weighted by Gasteiger charge is 2.21. The fraction of sp³-hybridized carbons (Fsp3) is 0.833. The summed E-state index contributed by atoms with van der Waals surface area (Å²) in [6, 6.07) is 2.13. The summed E-state index contributed by atoms with van der Waals surface area (Å²) in [6.45, 7) is 1.22. The van der Waals surface area contributed by atoms with E-state index in [1.165, 1.54) is 0 Å². The Hall–Kier alpha value is -0.590. The predicted molar refractivity (Wildman–Crippen MR) is 32.5 cm³/mol. The quantitative estimate of drug-likeness (QED) is 0.492. The number of nitrogens with zero attached hydrogens (tertiary/aromatic N) is 1. The lowest BCUT2D eigenvalue weighted by molar-refractivity contribution is 0.0615. The minimum absolute atomic E-state index is 0.0312. The molecule has 0 unspecified atom stereocenters. The second-order valence-corrected chi connectivity index (χ2v) is 2.26. The maximum Gasteiger partial charge on any atom is 0.0848 e. The Morgan fingerprint density at radius 3 is 2.89 bits per heavy atom. The molecule has 0 saturated carbocycles. The first kappa shape index (κ1) is 6.53. The Morgan fingerprint density at radius 2 is 2.44 bits per heavy atom. The molecule has 0 aromatic heterocycles. The van der Waals surface area contributed by atoms with Crippen LogP contribution in [-0.2, 0) is 4.74 Å². The number of nitrogens with two attached hydrogens (primary N) is 1. The molecule has 0 radical (unpaired) electrons. The molecular weight excluding hydrogens is 116 g/mol. The Bertz CT molecular complexity index is 130. The number of ether oxygens (including phenoxy) is 1. The second kappa shape index (κ2) is 2.81. The fourth-order valence-corrected chi connectivity index (χ4v) is 0.888. The SMILES string of the molecule is N#C[C@@H]1COCC[C@H]1N. The molecule has 0 spiro atoms. The molecule has 0 amide bonds. The summed E-state index contributed by atoms with van der Waals surface area (Å²) >= 11 is 0. The average Bonchev–Trinajstić information content (AvgIpc) is 1.89. The van der Waals surface area contributed by atoms with Crippen LogP contribution in [0.4, 0.5) is 0 Å². The van der Waals surface area contributed by atoms with Crippen LogP contribution in [-0.4, -0.2) is 19.3 Å². The van der Waals surface area contributed by atoms with Crippen LogP contribution >= 0.6 is 0 Å². The first-order chi connectivity index (χ1) is 4.34. The van der Waals surface area contributed by atoms with Crippen molar-refractivity contribution in [1.82, 2.24) is 0 Å². The molecule has 0 aromatic carbocycles. The Kier molecular flexibility index (Phi) is 2.04. The van der Waals surface area contributed by atoms with Gasteiger partial charge in [0.15, 0.2) is 0 Å². The molecule has 1 rings (SSSR count). The largest absolute Gasteiger partial charge is 0.380 e. The van der Waals surface area contributed by atoms with Gasteiger partial charge in [-0.05, 0) is 6.42 Å². The van der Waals surface area contributed by atoms with Crippen molar-refractivity contribution in [2.75, 3.05) is 13.2 Å². The number of nitriles is 1. The van der Waals surface area contributed by atoms with Crippen molar-refractivity contribution in [1.29, 1.82) is 5.26 Å². The third kappa shape index (κ3) is 1.41. The Morgan fingerprint density at radius 1 is 1.67 bits per heavy atom. The monoisotopic (exact) mass is 126 g/mol. The maximum absolute atomic E-state index is 8.45. The topological polar surface area (TPSA) is 59.0 Å². The predicted octanol–water partition coefficient (Wildman–Crippen LogP) is -0.126. The summed E-state index contributed by atoms with van der Waals surface area (Å²) in [6.07, 6.45) is 0.818. The number of hydrogen-bond donors (Lipinski definition) is 1. The fourth-order valence-electron chi connectivity index (χ4n) is 0.888.